The van der Waals surface area contributed by atoms with E-state index in [1.165, 1.54) is 19.3 Å². The molecule has 0 spiro atoms. The number of nitrogens with zero attached hydrogens (tertiary/aromatic N) is 1. The SMILES string of the molecule is COc1cc(NC(=O)CC2CC3CCC2C3)c(C(=O)N2CCCC2c2ccccc2)cc1OC. The van der Waals surface area contributed by atoms with Gasteiger partial charge in [0.25, 0.3) is 5.91 Å². The van der Waals surface area contributed by atoms with Crippen LogP contribution in [0.2, 0.25) is 0 Å². The van der Waals surface area contributed by atoms with E-state index in [1.54, 1.807) is 26.4 Å². The van der Waals surface area contributed by atoms with E-state index < -0.39 is 0 Å². The van der Waals surface area contributed by atoms with Crippen LogP contribution in [0.5, 0.6) is 11.5 Å². The van der Waals surface area contributed by atoms with Crippen molar-refractivity contribution >= 4 is 17.5 Å². The third-order valence-corrected chi connectivity index (χ3v) is 8.06. The number of rotatable bonds is 7. The smallest absolute Gasteiger partial charge is 0.256 e. The topological polar surface area (TPSA) is 67.9 Å². The third kappa shape index (κ3) is 4.38. The van der Waals surface area contributed by atoms with Crippen molar-refractivity contribution in [3.05, 3.63) is 53.6 Å². The van der Waals surface area contributed by atoms with E-state index in [1.807, 2.05) is 23.1 Å². The molecule has 6 heteroatoms. The summed E-state index contributed by atoms with van der Waals surface area (Å²) in [5.41, 5.74) is 2.08. The lowest BCUT2D eigenvalue weighted by Gasteiger charge is -2.27. The molecule has 3 fully saturated rings. The molecule has 180 valence electrons. The summed E-state index contributed by atoms with van der Waals surface area (Å²) in [6.07, 6.45) is 7.38. The molecule has 1 saturated heterocycles. The first-order chi connectivity index (χ1) is 16.6. The number of nitrogens with one attached hydrogen (secondary N) is 1. The molecule has 5 rings (SSSR count). The summed E-state index contributed by atoms with van der Waals surface area (Å²) < 4.78 is 11.0. The standard InChI is InChI=1S/C28H34N2O4/c1-33-25-16-22(28(32)30-12-6-9-24(30)19-7-4-3-5-8-19)23(17-26(25)34-2)29-27(31)15-21-14-18-10-11-20(21)13-18/h3-5,7-8,16-18,20-21,24H,6,9-15H2,1-2H3,(H,29,31). The molecule has 2 aliphatic carbocycles. The molecule has 2 bridgehead atoms. The minimum Gasteiger partial charge on any atom is -0.493 e. The van der Waals surface area contributed by atoms with Crippen LogP contribution in [-0.4, -0.2) is 37.5 Å². The molecule has 4 unspecified atom stereocenters. The van der Waals surface area contributed by atoms with Gasteiger partial charge >= 0.3 is 0 Å². The summed E-state index contributed by atoms with van der Waals surface area (Å²) in [6.45, 7) is 0.686. The Hall–Kier alpha value is -3.02. The second-order valence-corrected chi connectivity index (χ2v) is 10.0. The van der Waals surface area contributed by atoms with Gasteiger partial charge in [-0.25, -0.2) is 0 Å². The summed E-state index contributed by atoms with van der Waals surface area (Å²) in [4.78, 5) is 28.8. The maximum absolute atomic E-state index is 13.8. The lowest BCUT2D eigenvalue weighted by atomic mass is 9.86. The Morgan fingerprint density at radius 1 is 1.00 bits per heavy atom. The molecule has 1 aliphatic heterocycles. The third-order valence-electron chi connectivity index (χ3n) is 8.06. The fraction of sp³-hybridized carbons (Fsp3) is 0.500. The number of methoxy groups -OCH3 is 2. The molecule has 6 nitrogen and oxygen atoms in total. The largest absolute Gasteiger partial charge is 0.493 e. The van der Waals surface area contributed by atoms with Crippen molar-refractivity contribution in [1.82, 2.24) is 4.90 Å². The van der Waals surface area contributed by atoms with E-state index >= 15 is 0 Å². The van der Waals surface area contributed by atoms with Gasteiger partial charge in [0.2, 0.25) is 5.91 Å². The summed E-state index contributed by atoms with van der Waals surface area (Å²) in [7, 11) is 3.12. The van der Waals surface area contributed by atoms with E-state index in [0.717, 1.165) is 30.7 Å². The summed E-state index contributed by atoms with van der Waals surface area (Å²) in [5, 5.41) is 3.06. The number of carbonyl (C=O) groups is 2. The van der Waals surface area contributed by atoms with Crippen molar-refractivity contribution in [2.75, 3.05) is 26.1 Å². The highest BCUT2D eigenvalue weighted by Crippen LogP contribution is 2.49. The van der Waals surface area contributed by atoms with Crippen LogP contribution in [0, 0.1) is 17.8 Å². The van der Waals surface area contributed by atoms with Crippen molar-refractivity contribution in [2.45, 2.75) is 51.0 Å². The minimum absolute atomic E-state index is 0.0272. The van der Waals surface area contributed by atoms with Crippen LogP contribution in [0.15, 0.2) is 42.5 Å². The number of hydrogen-bond acceptors (Lipinski definition) is 4. The normalized spacial score (nSPS) is 25.4. The highest BCUT2D eigenvalue weighted by atomic mass is 16.5. The second kappa shape index (κ2) is 9.69. The van der Waals surface area contributed by atoms with Gasteiger partial charge in [0, 0.05) is 19.0 Å². The zero-order valence-corrected chi connectivity index (χ0v) is 20.1. The van der Waals surface area contributed by atoms with E-state index in [2.05, 4.69) is 17.4 Å². The van der Waals surface area contributed by atoms with Gasteiger partial charge in [0.05, 0.1) is 31.5 Å². The highest BCUT2D eigenvalue weighted by Gasteiger charge is 2.40. The summed E-state index contributed by atoms with van der Waals surface area (Å²) in [6, 6.07) is 13.6. The quantitative estimate of drug-likeness (QED) is 0.594. The molecule has 34 heavy (non-hydrogen) atoms. The van der Waals surface area contributed by atoms with Crippen LogP contribution in [0.4, 0.5) is 5.69 Å². The molecule has 1 N–H and O–H groups in total. The van der Waals surface area contributed by atoms with Crippen molar-refractivity contribution in [3.8, 4) is 11.5 Å². The number of ether oxygens (including phenoxy) is 2. The number of carbonyl (C=O) groups excluding carboxylic acids is 2. The lowest BCUT2D eigenvalue weighted by molar-refractivity contribution is -0.117. The molecule has 2 amide bonds. The molecular weight excluding hydrogens is 428 g/mol. The molecule has 2 aromatic carbocycles. The maximum atomic E-state index is 13.8. The number of benzene rings is 2. The van der Waals surface area contributed by atoms with E-state index in [0.29, 0.717) is 47.6 Å². The van der Waals surface area contributed by atoms with Crippen LogP contribution in [0.1, 0.15) is 66.9 Å². The Labute approximate surface area is 201 Å². The van der Waals surface area contributed by atoms with E-state index in [-0.39, 0.29) is 17.9 Å². The predicted octanol–water partition coefficient (Wildman–Crippen LogP) is 5.45. The molecule has 1 heterocycles. The fourth-order valence-corrected chi connectivity index (χ4v) is 6.41. The fourth-order valence-electron chi connectivity index (χ4n) is 6.41. The van der Waals surface area contributed by atoms with Gasteiger partial charge in [0.15, 0.2) is 11.5 Å². The van der Waals surface area contributed by atoms with Gasteiger partial charge in [-0.1, -0.05) is 36.8 Å². The molecule has 4 atom stereocenters. The molecule has 2 aromatic rings. The zero-order valence-electron chi connectivity index (χ0n) is 20.1. The van der Waals surface area contributed by atoms with Crippen molar-refractivity contribution < 1.29 is 19.1 Å². The second-order valence-electron chi connectivity index (χ2n) is 10.0. The zero-order chi connectivity index (χ0) is 23.7. The number of fused-ring (bicyclic) bond motifs is 2. The van der Waals surface area contributed by atoms with Gasteiger partial charge in [-0.3, -0.25) is 9.59 Å². The van der Waals surface area contributed by atoms with E-state index in [9.17, 15) is 9.59 Å². The first-order valence-electron chi connectivity index (χ1n) is 12.5. The Balaban J connectivity index is 1.41. The lowest BCUT2D eigenvalue weighted by Crippen LogP contribution is -2.31. The van der Waals surface area contributed by atoms with Gasteiger partial charge in [-0.05, 0) is 61.5 Å². The van der Waals surface area contributed by atoms with Gasteiger partial charge in [-0.2, -0.15) is 0 Å². The first-order valence-corrected chi connectivity index (χ1v) is 12.5. The Bertz CT molecular complexity index is 1050. The van der Waals surface area contributed by atoms with E-state index in [4.69, 9.17) is 9.47 Å². The molecule has 2 saturated carbocycles. The number of hydrogen-bond donors (Lipinski definition) is 1. The predicted molar refractivity (Wildman–Crippen MR) is 131 cm³/mol. The van der Waals surface area contributed by atoms with Crippen LogP contribution in [0.3, 0.4) is 0 Å². The van der Waals surface area contributed by atoms with Gasteiger partial charge in [-0.15, -0.1) is 0 Å². The van der Waals surface area contributed by atoms with Crippen LogP contribution in [0.25, 0.3) is 0 Å². The van der Waals surface area contributed by atoms with Crippen molar-refractivity contribution in [2.24, 2.45) is 17.8 Å². The van der Waals surface area contributed by atoms with Gasteiger partial charge < -0.3 is 19.7 Å². The average Bonchev–Trinajstić information content (AvgIpc) is 3.61. The molecular formula is C28H34N2O4. The monoisotopic (exact) mass is 462 g/mol. The Morgan fingerprint density at radius 3 is 2.44 bits per heavy atom. The average molecular weight is 463 g/mol. The number of anilines is 1. The number of amides is 2. The Kier molecular flexibility index (Phi) is 6.48. The minimum atomic E-state index is -0.0949. The van der Waals surface area contributed by atoms with Gasteiger partial charge in [0.1, 0.15) is 0 Å². The summed E-state index contributed by atoms with van der Waals surface area (Å²) >= 11 is 0. The summed E-state index contributed by atoms with van der Waals surface area (Å²) in [5.74, 6) is 2.79. The van der Waals surface area contributed by atoms with Crippen molar-refractivity contribution in [1.29, 1.82) is 0 Å². The Morgan fingerprint density at radius 2 is 1.76 bits per heavy atom. The number of likely N-dealkylation sites (tertiary alicyclic amines) is 1. The highest BCUT2D eigenvalue weighted by molar-refractivity contribution is 6.05. The molecule has 0 aromatic heterocycles. The van der Waals surface area contributed by atoms with Crippen LogP contribution in [-0.2, 0) is 4.79 Å². The molecule has 3 aliphatic rings. The maximum Gasteiger partial charge on any atom is 0.256 e. The van der Waals surface area contributed by atoms with Crippen molar-refractivity contribution in [3.63, 3.8) is 0 Å². The molecule has 0 radical (unpaired) electrons. The first kappa shape index (κ1) is 22.8. The van der Waals surface area contributed by atoms with Crippen LogP contribution < -0.4 is 14.8 Å². The van der Waals surface area contributed by atoms with Crippen LogP contribution >= 0.6 is 0 Å².